The lowest BCUT2D eigenvalue weighted by molar-refractivity contribution is -0.120. The smallest absolute Gasteiger partial charge is 0.229 e. The maximum Gasteiger partial charge on any atom is 0.229 e. The van der Waals surface area contributed by atoms with Gasteiger partial charge < -0.3 is 5.32 Å². The Labute approximate surface area is 81.1 Å². The quantitative estimate of drug-likeness (QED) is 0.660. The lowest BCUT2D eigenvalue weighted by Crippen LogP contribution is -2.19. The maximum atomic E-state index is 11.5. The molecule has 1 aliphatic rings. The van der Waals surface area contributed by atoms with Gasteiger partial charge in [-0.25, -0.2) is 0 Å². The number of aromatic amines is 1. The first-order valence-electron chi connectivity index (χ1n) is 4.45. The molecule has 0 aliphatic carbocycles. The molecule has 2 N–H and O–H groups in total. The van der Waals surface area contributed by atoms with Crippen LogP contribution >= 0.6 is 0 Å². The fourth-order valence-corrected chi connectivity index (χ4v) is 1.79. The third kappa shape index (κ3) is 1.16. The predicted octanol–water partition coefficient (Wildman–Crippen LogP) is 0.131. The zero-order valence-corrected chi connectivity index (χ0v) is 7.74. The van der Waals surface area contributed by atoms with Crippen molar-refractivity contribution in [1.29, 1.82) is 5.26 Å². The summed E-state index contributed by atoms with van der Waals surface area (Å²) in [5, 5.41) is 18.1. The highest BCUT2D eigenvalue weighted by Crippen LogP contribution is 2.28. The van der Waals surface area contributed by atoms with E-state index in [9.17, 15) is 4.79 Å². The van der Waals surface area contributed by atoms with Crippen molar-refractivity contribution in [2.24, 2.45) is 5.92 Å². The second-order valence-corrected chi connectivity index (χ2v) is 3.51. The Morgan fingerprint density at radius 3 is 3.07 bits per heavy atom. The first-order chi connectivity index (χ1) is 6.74. The van der Waals surface area contributed by atoms with Crippen LogP contribution in [0.3, 0.4) is 0 Å². The highest BCUT2D eigenvalue weighted by molar-refractivity contribution is 5.86. The molecule has 5 heteroatoms. The largest absolute Gasteiger partial charge is 0.355 e. The van der Waals surface area contributed by atoms with Gasteiger partial charge in [-0.15, -0.1) is 0 Å². The second kappa shape index (κ2) is 3.14. The van der Waals surface area contributed by atoms with Crippen molar-refractivity contribution in [2.75, 3.05) is 6.54 Å². The van der Waals surface area contributed by atoms with Gasteiger partial charge in [-0.1, -0.05) is 6.92 Å². The van der Waals surface area contributed by atoms with E-state index < -0.39 is 0 Å². The molecule has 1 aromatic rings. The number of nitriles is 1. The summed E-state index contributed by atoms with van der Waals surface area (Å²) >= 11 is 0. The standard InChI is InChI=1S/C9H10N4O/c1-5-3-11-9(14)7(5)8-6(2-10)4-12-13-8/h4-5,7H,3H2,1H3,(H,11,14)(H,12,13). The van der Waals surface area contributed by atoms with Crippen LogP contribution in [0, 0.1) is 17.2 Å². The summed E-state index contributed by atoms with van der Waals surface area (Å²) in [5.41, 5.74) is 1.09. The van der Waals surface area contributed by atoms with Crippen LogP contribution in [-0.2, 0) is 4.79 Å². The van der Waals surface area contributed by atoms with Gasteiger partial charge in [0.1, 0.15) is 6.07 Å². The van der Waals surface area contributed by atoms with Crippen LogP contribution in [0.1, 0.15) is 24.1 Å². The minimum Gasteiger partial charge on any atom is -0.355 e. The number of carbonyl (C=O) groups excluding carboxylic acids is 1. The van der Waals surface area contributed by atoms with Gasteiger partial charge in [0.05, 0.1) is 23.4 Å². The van der Waals surface area contributed by atoms with Gasteiger partial charge in [-0.3, -0.25) is 9.89 Å². The van der Waals surface area contributed by atoms with Gasteiger partial charge in [-0.2, -0.15) is 10.4 Å². The molecule has 1 fully saturated rings. The molecule has 0 bridgehead atoms. The molecule has 5 nitrogen and oxygen atoms in total. The summed E-state index contributed by atoms with van der Waals surface area (Å²) in [7, 11) is 0. The van der Waals surface area contributed by atoms with Crippen molar-refractivity contribution in [3.63, 3.8) is 0 Å². The molecule has 14 heavy (non-hydrogen) atoms. The van der Waals surface area contributed by atoms with Gasteiger partial charge in [0.15, 0.2) is 0 Å². The molecule has 1 aliphatic heterocycles. The third-order valence-electron chi connectivity index (χ3n) is 2.55. The number of hydrogen-bond donors (Lipinski definition) is 2. The molecule has 2 atom stereocenters. The molecule has 0 saturated carbocycles. The predicted molar refractivity (Wildman–Crippen MR) is 48.2 cm³/mol. The van der Waals surface area contributed by atoms with Crippen molar-refractivity contribution < 1.29 is 4.79 Å². The number of nitrogens with zero attached hydrogens (tertiary/aromatic N) is 2. The zero-order valence-electron chi connectivity index (χ0n) is 7.74. The summed E-state index contributed by atoms with van der Waals surface area (Å²) in [5.74, 6) is -0.0829. The number of nitrogens with one attached hydrogen (secondary N) is 2. The fraction of sp³-hybridized carbons (Fsp3) is 0.444. The van der Waals surface area contributed by atoms with Gasteiger partial charge in [-0.05, 0) is 5.92 Å². The monoisotopic (exact) mass is 190 g/mol. The minimum atomic E-state index is -0.257. The maximum absolute atomic E-state index is 11.5. The Balaban J connectivity index is 2.40. The van der Waals surface area contributed by atoms with Crippen LogP contribution in [0.2, 0.25) is 0 Å². The van der Waals surface area contributed by atoms with Crippen molar-refractivity contribution >= 4 is 5.91 Å². The van der Waals surface area contributed by atoms with Gasteiger partial charge in [0.25, 0.3) is 0 Å². The topological polar surface area (TPSA) is 81.6 Å². The molecule has 2 unspecified atom stereocenters. The number of amides is 1. The Hall–Kier alpha value is -1.83. The molecule has 0 aromatic carbocycles. The Morgan fingerprint density at radius 2 is 2.50 bits per heavy atom. The Bertz CT molecular complexity index is 403. The first-order valence-corrected chi connectivity index (χ1v) is 4.45. The van der Waals surface area contributed by atoms with Crippen LogP contribution in [0.15, 0.2) is 6.20 Å². The van der Waals surface area contributed by atoms with Crippen LogP contribution in [-0.4, -0.2) is 22.6 Å². The van der Waals surface area contributed by atoms with Crippen molar-refractivity contribution in [3.05, 3.63) is 17.5 Å². The fourth-order valence-electron chi connectivity index (χ4n) is 1.79. The normalized spacial score (nSPS) is 25.9. The number of aromatic nitrogens is 2. The third-order valence-corrected chi connectivity index (χ3v) is 2.55. The number of carbonyl (C=O) groups is 1. The van der Waals surface area contributed by atoms with Crippen LogP contribution in [0.25, 0.3) is 0 Å². The molecule has 2 heterocycles. The second-order valence-electron chi connectivity index (χ2n) is 3.51. The van der Waals surface area contributed by atoms with E-state index in [1.807, 2.05) is 13.0 Å². The van der Waals surface area contributed by atoms with E-state index in [2.05, 4.69) is 15.5 Å². The summed E-state index contributed by atoms with van der Waals surface area (Å²) in [4.78, 5) is 11.5. The molecule has 0 spiro atoms. The van der Waals surface area contributed by atoms with E-state index in [1.54, 1.807) is 0 Å². The summed E-state index contributed by atoms with van der Waals surface area (Å²) < 4.78 is 0. The summed E-state index contributed by atoms with van der Waals surface area (Å²) in [6.45, 7) is 2.64. The summed E-state index contributed by atoms with van der Waals surface area (Å²) in [6.07, 6.45) is 1.45. The van der Waals surface area contributed by atoms with E-state index in [0.29, 0.717) is 17.8 Å². The number of hydrogen-bond acceptors (Lipinski definition) is 3. The number of H-pyrrole nitrogens is 1. The first kappa shape index (κ1) is 8.75. The van der Waals surface area contributed by atoms with Crippen LogP contribution < -0.4 is 5.32 Å². The minimum absolute atomic E-state index is 0.0294. The van der Waals surface area contributed by atoms with Gasteiger partial charge in [0.2, 0.25) is 5.91 Å². The van der Waals surface area contributed by atoms with Crippen LogP contribution in [0.5, 0.6) is 0 Å². The lowest BCUT2D eigenvalue weighted by atomic mass is 9.92. The summed E-state index contributed by atoms with van der Waals surface area (Å²) in [6, 6.07) is 2.02. The molecular weight excluding hydrogens is 180 g/mol. The van der Waals surface area contributed by atoms with E-state index in [0.717, 1.165) is 0 Å². The van der Waals surface area contributed by atoms with Gasteiger partial charge >= 0.3 is 0 Å². The zero-order chi connectivity index (χ0) is 10.1. The van der Waals surface area contributed by atoms with Gasteiger partial charge in [0, 0.05) is 6.54 Å². The average Bonchev–Trinajstić information content (AvgIpc) is 2.73. The van der Waals surface area contributed by atoms with Crippen molar-refractivity contribution in [1.82, 2.24) is 15.5 Å². The SMILES string of the molecule is CC1CNC(=O)C1c1[nH]ncc1C#N. The van der Waals surface area contributed by atoms with E-state index >= 15 is 0 Å². The Morgan fingerprint density at radius 1 is 1.71 bits per heavy atom. The van der Waals surface area contributed by atoms with E-state index in [-0.39, 0.29) is 17.7 Å². The average molecular weight is 190 g/mol. The van der Waals surface area contributed by atoms with Crippen molar-refractivity contribution in [3.8, 4) is 6.07 Å². The highest BCUT2D eigenvalue weighted by atomic mass is 16.2. The molecular formula is C9H10N4O. The molecule has 2 rings (SSSR count). The lowest BCUT2D eigenvalue weighted by Gasteiger charge is -2.09. The van der Waals surface area contributed by atoms with Crippen molar-refractivity contribution in [2.45, 2.75) is 12.8 Å². The highest BCUT2D eigenvalue weighted by Gasteiger charge is 2.35. The number of rotatable bonds is 1. The molecule has 1 saturated heterocycles. The molecule has 72 valence electrons. The molecule has 1 aromatic heterocycles. The molecule has 0 radical (unpaired) electrons. The molecule has 1 amide bonds. The van der Waals surface area contributed by atoms with E-state index in [1.165, 1.54) is 6.20 Å². The van der Waals surface area contributed by atoms with E-state index in [4.69, 9.17) is 5.26 Å². The van der Waals surface area contributed by atoms with Crippen LogP contribution in [0.4, 0.5) is 0 Å². The Kier molecular flexibility index (Phi) is 1.97.